The Morgan fingerprint density at radius 2 is 1.32 bits per heavy atom. The maximum Gasteiger partial charge on any atom is 0.181 e. The fraction of sp³-hybridized carbons (Fsp3) is 0.310. The quantitative estimate of drug-likeness (QED) is 0.0688. The van der Waals surface area contributed by atoms with Crippen LogP contribution in [-0.2, 0) is 11.8 Å². The lowest BCUT2D eigenvalue weighted by molar-refractivity contribution is 0.0914. The van der Waals surface area contributed by atoms with Gasteiger partial charge >= 0.3 is 0 Å². The van der Waals surface area contributed by atoms with Crippen molar-refractivity contribution in [2.75, 3.05) is 53.9 Å². The number of hydrogen-bond donors (Lipinski definition) is 2. The van der Waals surface area contributed by atoms with Crippen molar-refractivity contribution in [3.63, 3.8) is 0 Å². The molecule has 2 N–H and O–H groups in total. The molecule has 0 amide bonds. The van der Waals surface area contributed by atoms with E-state index in [9.17, 15) is 28.0 Å². The van der Waals surface area contributed by atoms with Crippen LogP contribution in [0.4, 0.5) is 8.78 Å². The highest BCUT2D eigenvalue weighted by molar-refractivity contribution is 6.04. The predicted octanol–water partition coefficient (Wildman–Crippen LogP) is 10.8. The van der Waals surface area contributed by atoms with Gasteiger partial charge in [-0.3, -0.25) is 19.2 Å². The Balaban J connectivity index is 0.000000198. The second-order valence-electron chi connectivity index (χ2n) is 18.5. The van der Waals surface area contributed by atoms with Crippen molar-refractivity contribution in [1.29, 1.82) is 0 Å². The normalized spacial score (nSPS) is 12.9. The number of aromatic amines is 1. The molecule has 384 valence electrons. The second kappa shape index (κ2) is 22.8. The molecule has 14 nitrogen and oxygen atoms in total. The Bertz CT molecular complexity index is 3280. The fourth-order valence-corrected chi connectivity index (χ4v) is 8.89. The van der Waals surface area contributed by atoms with Crippen LogP contribution in [0, 0.1) is 19.7 Å². The number of fused-ring (bicyclic) bond motifs is 3. The molecule has 0 atom stereocenters. The molecule has 0 spiro atoms. The van der Waals surface area contributed by atoms with Crippen LogP contribution in [-0.4, -0.2) is 97.1 Å². The standard InChI is InChI=1S/C31H32N2O6.C27H25F2NO5/c1-18-6-5-7-20-21(16-32-28(18)20)29-30-22(31(2,3)17-39-30)15-23(33-29)25(36)10-9-24(35)19-8-11-26(38-13-12-34)27(14-19)37-4;1-16-13-18(3-5-20(16)29)26-27-19(9-11-35-27)14-21(30-26)23(32)7-6-22(31)17-4-8-24(34-12-10-28)25(15-17)33-2/h5-8,11,14-16,32,34H,9-10,12-13,17H2,1-4H3;3-5,8,13-15H,6-7,9-12H2,1-2H3. The van der Waals surface area contributed by atoms with E-state index in [0.29, 0.717) is 93.5 Å². The third-order valence-corrected chi connectivity index (χ3v) is 12.9. The number of pyridine rings is 2. The molecule has 16 heteroatoms. The zero-order valence-corrected chi connectivity index (χ0v) is 42.1. The zero-order chi connectivity index (χ0) is 52.7. The van der Waals surface area contributed by atoms with E-state index in [1.165, 1.54) is 26.4 Å². The van der Waals surface area contributed by atoms with Crippen molar-refractivity contribution in [3.05, 3.63) is 142 Å². The SMILES string of the molecule is COc1cc(C(=O)CCC(=O)c2cc3c(c(-c4c[nH]c5c(C)cccc45)n2)OCC3(C)C)ccc1OCCO.COc1cc(C(=O)CCC(=O)c2cc3c(c(-c4ccc(F)c(C)c4)n2)OCC3)ccc1OCCF. The maximum atomic E-state index is 13.8. The number of carbonyl (C=O) groups is 4. The lowest BCUT2D eigenvalue weighted by Crippen LogP contribution is -2.19. The average Bonchev–Trinajstić information content (AvgIpc) is 4.16. The highest BCUT2D eigenvalue weighted by atomic mass is 19.1. The molecule has 0 unspecified atom stereocenters. The summed E-state index contributed by atoms with van der Waals surface area (Å²) in [6, 6.07) is 23.7. The van der Waals surface area contributed by atoms with Crippen molar-refractivity contribution >= 4 is 34.0 Å². The molecule has 5 heterocycles. The Morgan fingerprint density at radius 1 is 0.703 bits per heavy atom. The predicted molar refractivity (Wildman–Crippen MR) is 274 cm³/mol. The number of methoxy groups -OCH3 is 2. The van der Waals surface area contributed by atoms with Gasteiger partial charge in [-0.2, -0.15) is 0 Å². The Labute approximate surface area is 427 Å². The number of aliphatic hydroxyl groups is 1. The molecule has 0 radical (unpaired) electrons. The van der Waals surface area contributed by atoms with Gasteiger partial charge in [0.05, 0.1) is 34.0 Å². The van der Waals surface area contributed by atoms with Crippen LogP contribution in [0.5, 0.6) is 34.5 Å². The lowest BCUT2D eigenvalue weighted by Gasteiger charge is -2.16. The number of hydrogen-bond acceptors (Lipinski definition) is 13. The fourth-order valence-electron chi connectivity index (χ4n) is 8.89. The van der Waals surface area contributed by atoms with E-state index in [0.717, 1.165) is 33.2 Å². The van der Waals surface area contributed by atoms with E-state index in [-0.39, 0.29) is 85.6 Å². The summed E-state index contributed by atoms with van der Waals surface area (Å²) in [5.74, 6) is 1.55. The van der Waals surface area contributed by atoms with E-state index in [1.54, 1.807) is 55.5 Å². The van der Waals surface area contributed by atoms with Gasteiger partial charge in [-0.15, -0.1) is 0 Å². The summed E-state index contributed by atoms with van der Waals surface area (Å²) in [4.78, 5) is 64.7. The summed E-state index contributed by atoms with van der Waals surface area (Å²) < 4.78 is 59.3. The summed E-state index contributed by atoms with van der Waals surface area (Å²) >= 11 is 0. The molecule has 0 aliphatic carbocycles. The summed E-state index contributed by atoms with van der Waals surface area (Å²) in [5, 5.41) is 10.0. The highest BCUT2D eigenvalue weighted by Crippen LogP contribution is 2.46. The molecule has 4 aromatic carbocycles. The number of ether oxygens (including phenoxy) is 6. The van der Waals surface area contributed by atoms with Gasteiger partial charge in [-0.1, -0.05) is 32.0 Å². The number of aryl methyl sites for hydroxylation is 2. The van der Waals surface area contributed by atoms with Gasteiger partial charge in [0, 0.05) is 88.0 Å². The molecular formula is C58H57F2N3O11. The minimum absolute atomic E-state index is 0.0173. The second-order valence-corrected chi connectivity index (χ2v) is 18.5. The average molecular weight is 1010 g/mol. The lowest BCUT2D eigenvalue weighted by atomic mass is 9.85. The van der Waals surface area contributed by atoms with Gasteiger partial charge in [0.1, 0.15) is 60.0 Å². The number of rotatable bonds is 20. The molecule has 2 aliphatic heterocycles. The van der Waals surface area contributed by atoms with Gasteiger partial charge < -0.3 is 38.5 Å². The summed E-state index contributed by atoms with van der Waals surface area (Å²) in [7, 11) is 2.91. The molecule has 0 saturated heterocycles. The maximum absolute atomic E-state index is 13.8. The molecule has 74 heavy (non-hydrogen) atoms. The summed E-state index contributed by atoms with van der Waals surface area (Å²) in [5.41, 5.74) is 8.13. The molecular weight excluding hydrogens is 953 g/mol. The number of nitrogens with one attached hydrogen (secondary N) is 1. The number of aromatic nitrogens is 3. The first-order valence-electron chi connectivity index (χ1n) is 24.2. The van der Waals surface area contributed by atoms with Crippen LogP contribution >= 0.6 is 0 Å². The summed E-state index contributed by atoms with van der Waals surface area (Å²) in [6.07, 6.45) is 2.54. The van der Waals surface area contributed by atoms with Crippen LogP contribution in [0.25, 0.3) is 33.4 Å². The first-order chi connectivity index (χ1) is 35.6. The van der Waals surface area contributed by atoms with Gasteiger partial charge in [-0.25, -0.2) is 18.7 Å². The number of Topliss-reactive ketones (excluding diaryl/α,β-unsaturated/α-hetero) is 4. The molecule has 0 bridgehead atoms. The zero-order valence-electron chi connectivity index (χ0n) is 42.1. The number of para-hydroxylation sites is 1. The Morgan fingerprint density at radius 3 is 1.95 bits per heavy atom. The van der Waals surface area contributed by atoms with E-state index in [2.05, 4.69) is 23.8 Å². The minimum Gasteiger partial charge on any atom is -0.493 e. The van der Waals surface area contributed by atoms with Crippen LogP contribution in [0.3, 0.4) is 0 Å². The highest BCUT2D eigenvalue weighted by Gasteiger charge is 2.36. The topological polar surface area (TPSA) is 185 Å². The number of benzene rings is 4. The largest absolute Gasteiger partial charge is 0.493 e. The van der Waals surface area contributed by atoms with Crippen molar-refractivity contribution in [2.24, 2.45) is 0 Å². The van der Waals surface area contributed by atoms with E-state index in [4.69, 9.17) is 38.5 Å². The van der Waals surface area contributed by atoms with Crippen LogP contribution < -0.4 is 28.4 Å². The molecule has 7 aromatic rings. The van der Waals surface area contributed by atoms with Crippen LogP contribution in [0.15, 0.2) is 91.1 Å². The van der Waals surface area contributed by atoms with E-state index >= 15 is 0 Å². The third-order valence-electron chi connectivity index (χ3n) is 12.9. The van der Waals surface area contributed by atoms with Crippen LogP contribution in [0.2, 0.25) is 0 Å². The minimum atomic E-state index is -0.642. The smallest absolute Gasteiger partial charge is 0.181 e. The number of alkyl halides is 1. The first-order valence-corrected chi connectivity index (χ1v) is 24.2. The van der Waals surface area contributed by atoms with Gasteiger partial charge in [0.2, 0.25) is 0 Å². The number of aliphatic hydroxyl groups excluding tert-OH is 1. The molecule has 3 aromatic heterocycles. The van der Waals surface area contributed by atoms with E-state index < -0.39 is 6.67 Å². The Hall–Kier alpha value is -7.98. The molecule has 2 aliphatic rings. The summed E-state index contributed by atoms with van der Waals surface area (Å²) in [6.45, 7) is 8.08. The van der Waals surface area contributed by atoms with Crippen LogP contribution in [0.1, 0.15) is 103 Å². The van der Waals surface area contributed by atoms with Gasteiger partial charge in [0.15, 0.2) is 46.1 Å². The molecule has 0 fully saturated rings. The number of halogens is 2. The van der Waals surface area contributed by atoms with E-state index in [1.807, 2.05) is 37.4 Å². The number of ketones is 4. The van der Waals surface area contributed by atoms with Crippen molar-refractivity contribution in [3.8, 4) is 57.0 Å². The molecule has 9 rings (SSSR count). The Kier molecular flexibility index (Phi) is 16.2. The van der Waals surface area contributed by atoms with Gasteiger partial charge in [0.25, 0.3) is 0 Å². The van der Waals surface area contributed by atoms with Crippen molar-refractivity contribution in [1.82, 2.24) is 15.0 Å². The third kappa shape index (κ3) is 11.3. The van der Waals surface area contributed by atoms with Gasteiger partial charge in [-0.05, 0) is 91.7 Å². The number of nitrogens with zero attached hydrogens (tertiary/aromatic N) is 2. The van der Waals surface area contributed by atoms with Crippen molar-refractivity contribution in [2.45, 2.75) is 65.2 Å². The molecule has 0 saturated carbocycles. The number of carbonyl (C=O) groups excluding carboxylic acids is 4. The first kappa shape index (κ1) is 52.3. The number of H-pyrrole nitrogens is 1. The monoisotopic (exact) mass is 1010 g/mol. The van der Waals surface area contributed by atoms with Crippen molar-refractivity contribution < 1.29 is 61.5 Å².